The summed E-state index contributed by atoms with van der Waals surface area (Å²) in [6.45, 7) is 5.75. The number of nitrogens with one attached hydrogen (secondary N) is 3. The summed E-state index contributed by atoms with van der Waals surface area (Å²) in [5.74, 6) is -0.359. The zero-order valence-corrected chi connectivity index (χ0v) is 20.3. The number of fused-ring (bicyclic) bond motifs is 1. The molecule has 3 N–H and O–H groups in total. The molecular formula is C28H28F3N3O2. The van der Waals surface area contributed by atoms with Gasteiger partial charge in [-0.1, -0.05) is 36.4 Å². The molecule has 0 aromatic heterocycles. The Kier molecular flexibility index (Phi) is 6.80. The lowest BCUT2D eigenvalue weighted by Gasteiger charge is -2.22. The van der Waals surface area contributed by atoms with Crippen molar-refractivity contribution in [1.82, 2.24) is 10.6 Å². The van der Waals surface area contributed by atoms with Crippen molar-refractivity contribution in [3.63, 3.8) is 0 Å². The number of rotatable bonds is 4. The van der Waals surface area contributed by atoms with Gasteiger partial charge in [0, 0.05) is 22.8 Å². The van der Waals surface area contributed by atoms with E-state index in [4.69, 9.17) is 0 Å². The van der Waals surface area contributed by atoms with E-state index in [0.29, 0.717) is 35.2 Å². The highest BCUT2D eigenvalue weighted by Gasteiger charge is 2.30. The Hall–Kier alpha value is -3.81. The predicted octanol–water partition coefficient (Wildman–Crippen LogP) is 6.19. The molecule has 0 radical (unpaired) electrons. The number of benzene rings is 3. The summed E-state index contributed by atoms with van der Waals surface area (Å²) in [5.41, 5.74) is 3.11. The lowest BCUT2D eigenvalue weighted by molar-refractivity contribution is -0.137. The molecule has 8 heteroatoms. The van der Waals surface area contributed by atoms with Crippen LogP contribution in [0.5, 0.6) is 0 Å². The van der Waals surface area contributed by atoms with E-state index < -0.39 is 11.7 Å². The van der Waals surface area contributed by atoms with Crippen LogP contribution in [0.3, 0.4) is 0 Å². The maximum Gasteiger partial charge on any atom is 0.416 e. The number of urea groups is 1. The van der Waals surface area contributed by atoms with Crippen molar-refractivity contribution in [2.24, 2.45) is 0 Å². The van der Waals surface area contributed by atoms with E-state index in [0.717, 1.165) is 23.3 Å². The highest BCUT2D eigenvalue weighted by atomic mass is 19.4. The lowest BCUT2D eigenvalue weighted by atomic mass is 9.98. The average molecular weight is 496 g/mol. The van der Waals surface area contributed by atoms with Crippen LogP contribution in [0.25, 0.3) is 11.1 Å². The molecule has 3 aromatic rings. The van der Waals surface area contributed by atoms with Gasteiger partial charge in [0.05, 0.1) is 5.56 Å². The normalized spacial score (nSPS) is 15.2. The zero-order chi connectivity index (χ0) is 26.1. The Bertz CT molecular complexity index is 1280. The van der Waals surface area contributed by atoms with Gasteiger partial charge in [0.15, 0.2) is 0 Å². The van der Waals surface area contributed by atoms with E-state index in [9.17, 15) is 22.8 Å². The van der Waals surface area contributed by atoms with Crippen LogP contribution in [-0.4, -0.2) is 23.5 Å². The molecule has 0 aliphatic heterocycles. The van der Waals surface area contributed by atoms with E-state index in [2.05, 4.69) is 16.0 Å². The number of carbonyl (C=O) groups is 2. The highest BCUT2D eigenvalue weighted by molar-refractivity contribution is 6.08. The maximum atomic E-state index is 13.1. The zero-order valence-electron chi connectivity index (χ0n) is 20.3. The first-order valence-electron chi connectivity index (χ1n) is 11.7. The second-order valence-corrected chi connectivity index (χ2v) is 10.0. The Morgan fingerprint density at radius 3 is 2.19 bits per heavy atom. The van der Waals surface area contributed by atoms with Crippen LogP contribution in [0.1, 0.15) is 47.8 Å². The minimum Gasteiger partial charge on any atom is -0.335 e. The molecule has 1 atom stereocenters. The van der Waals surface area contributed by atoms with Crippen LogP contribution in [-0.2, 0) is 19.0 Å². The van der Waals surface area contributed by atoms with Crippen molar-refractivity contribution in [3.8, 4) is 11.1 Å². The minimum absolute atomic E-state index is 0.0336. The fourth-order valence-corrected chi connectivity index (χ4v) is 4.33. The number of anilines is 1. The summed E-state index contributed by atoms with van der Waals surface area (Å²) in [7, 11) is 0. The SMILES string of the molecule is CC(C)(C)NC(=O)NC1Cc2ccc(NC(=O)c3ccccc3-c3ccc(C(F)(F)F)cc3)cc2C1. The van der Waals surface area contributed by atoms with Gasteiger partial charge in [-0.25, -0.2) is 4.79 Å². The quantitative estimate of drug-likeness (QED) is 0.404. The standard InChI is InChI=1S/C28H28F3N3O2/c1-27(2,3)34-26(36)33-22-14-18-10-13-21(15-19(18)16-22)32-25(35)24-7-5-4-6-23(24)17-8-11-20(12-9-17)28(29,30)31/h4-13,15,22H,14,16H2,1-3H3,(H,32,35)(H2,33,34,36). The third kappa shape index (κ3) is 6.05. The van der Waals surface area contributed by atoms with Crippen LogP contribution >= 0.6 is 0 Å². The summed E-state index contributed by atoms with van der Waals surface area (Å²) in [5, 5.41) is 8.80. The molecule has 0 heterocycles. The van der Waals surface area contributed by atoms with Gasteiger partial charge < -0.3 is 16.0 Å². The van der Waals surface area contributed by atoms with Crippen molar-refractivity contribution in [2.45, 2.75) is 51.4 Å². The first-order valence-corrected chi connectivity index (χ1v) is 11.7. The van der Waals surface area contributed by atoms with Crippen LogP contribution in [0.15, 0.2) is 66.7 Å². The van der Waals surface area contributed by atoms with Crippen LogP contribution in [0.4, 0.5) is 23.7 Å². The Labute approximate surface area is 208 Å². The molecule has 3 amide bonds. The van der Waals surface area contributed by atoms with Crippen molar-refractivity contribution in [2.75, 3.05) is 5.32 Å². The van der Waals surface area contributed by atoms with Gasteiger partial charge in [0.2, 0.25) is 0 Å². The van der Waals surface area contributed by atoms with Crippen molar-refractivity contribution in [3.05, 3.63) is 89.0 Å². The first-order chi connectivity index (χ1) is 16.9. The summed E-state index contributed by atoms with van der Waals surface area (Å²) in [6, 6.07) is 17.0. The van der Waals surface area contributed by atoms with Gasteiger partial charge in [-0.05, 0) is 86.2 Å². The Morgan fingerprint density at radius 2 is 1.53 bits per heavy atom. The number of hydrogen-bond acceptors (Lipinski definition) is 2. The smallest absolute Gasteiger partial charge is 0.335 e. The maximum absolute atomic E-state index is 13.1. The highest BCUT2D eigenvalue weighted by Crippen LogP contribution is 2.32. The van der Waals surface area contributed by atoms with E-state index in [1.807, 2.05) is 39.0 Å². The molecule has 36 heavy (non-hydrogen) atoms. The van der Waals surface area contributed by atoms with Crippen molar-refractivity contribution >= 4 is 17.6 Å². The number of amides is 3. The van der Waals surface area contributed by atoms with Gasteiger partial charge in [-0.2, -0.15) is 13.2 Å². The molecule has 1 aliphatic rings. The molecular weight excluding hydrogens is 467 g/mol. The topological polar surface area (TPSA) is 70.2 Å². The third-order valence-corrected chi connectivity index (χ3v) is 5.92. The van der Waals surface area contributed by atoms with Crippen LogP contribution < -0.4 is 16.0 Å². The first kappa shape index (κ1) is 25.3. The van der Waals surface area contributed by atoms with Gasteiger partial charge >= 0.3 is 12.2 Å². The molecule has 4 rings (SSSR count). The molecule has 0 fully saturated rings. The van der Waals surface area contributed by atoms with Crippen LogP contribution in [0, 0.1) is 0 Å². The Balaban J connectivity index is 1.47. The fraction of sp³-hybridized carbons (Fsp3) is 0.286. The van der Waals surface area contributed by atoms with Gasteiger partial charge in [0.1, 0.15) is 0 Å². The molecule has 188 valence electrons. The predicted molar refractivity (Wildman–Crippen MR) is 134 cm³/mol. The number of hydrogen-bond donors (Lipinski definition) is 3. The molecule has 0 spiro atoms. The van der Waals surface area contributed by atoms with Gasteiger partial charge in [-0.3, -0.25) is 4.79 Å². The largest absolute Gasteiger partial charge is 0.416 e. The van der Waals surface area contributed by atoms with E-state index >= 15 is 0 Å². The van der Waals surface area contributed by atoms with E-state index in [1.165, 1.54) is 12.1 Å². The molecule has 5 nitrogen and oxygen atoms in total. The van der Waals surface area contributed by atoms with Crippen molar-refractivity contribution < 1.29 is 22.8 Å². The van der Waals surface area contributed by atoms with Crippen molar-refractivity contribution in [1.29, 1.82) is 0 Å². The summed E-state index contributed by atoms with van der Waals surface area (Å²) in [6.07, 6.45) is -3.06. The molecule has 0 saturated carbocycles. The monoisotopic (exact) mass is 495 g/mol. The summed E-state index contributed by atoms with van der Waals surface area (Å²) < 4.78 is 38.8. The lowest BCUT2D eigenvalue weighted by Crippen LogP contribution is -2.49. The molecule has 3 aromatic carbocycles. The van der Waals surface area contributed by atoms with Gasteiger partial charge in [-0.15, -0.1) is 0 Å². The Morgan fingerprint density at radius 1 is 0.861 bits per heavy atom. The third-order valence-electron chi connectivity index (χ3n) is 5.92. The summed E-state index contributed by atoms with van der Waals surface area (Å²) in [4.78, 5) is 25.3. The minimum atomic E-state index is -4.42. The number of halogens is 3. The fourth-order valence-electron chi connectivity index (χ4n) is 4.33. The second kappa shape index (κ2) is 9.68. The van der Waals surface area contributed by atoms with Crippen LogP contribution in [0.2, 0.25) is 0 Å². The summed E-state index contributed by atoms with van der Waals surface area (Å²) >= 11 is 0. The number of carbonyl (C=O) groups excluding carboxylic acids is 2. The second-order valence-electron chi connectivity index (χ2n) is 10.0. The average Bonchev–Trinajstić information content (AvgIpc) is 3.18. The van der Waals surface area contributed by atoms with E-state index in [1.54, 1.807) is 24.3 Å². The molecule has 0 saturated heterocycles. The molecule has 1 aliphatic carbocycles. The van der Waals surface area contributed by atoms with E-state index in [-0.39, 0.29) is 23.5 Å². The van der Waals surface area contributed by atoms with Gasteiger partial charge in [0.25, 0.3) is 5.91 Å². The molecule has 1 unspecified atom stereocenters. The molecule has 0 bridgehead atoms. The number of alkyl halides is 3.